The molecule has 0 aliphatic heterocycles. The van der Waals surface area contributed by atoms with Crippen LogP contribution >= 0.6 is 15.9 Å². The van der Waals surface area contributed by atoms with Crippen LogP contribution < -0.4 is 10.6 Å². The highest BCUT2D eigenvalue weighted by Crippen LogP contribution is 2.38. The molecule has 2 aromatic rings. The predicted octanol–water partition coefficient (Wildman–Crippen LogP) is 2.50. The number of rotatable bonds is 2. The van der Waals surface area contributed by atoms with Crippen LogP contribution in [-0.4, -0.2) is 23.9 Å². The molecule has 17 heavy (non-hydrogen) atoms. The maximum absolute atomic E-state index is 6.03. The number of aromatic nitrogens is 2. The number of hydrogen-bond acceptors (Lipinski definition) is 3. The van der Waals surface area contributed by atoms with E-state index in [1.165, 1.54) is 0 Å². The summed E-state index contributed by atoms with van der Waals surface area (Å²) in [6.07, 6.45) is 1.79. The molecule has 2 N–H and O–H groups in total. The van der Waals surface area contributed by atoms with Crippen LogP contribution in [0.3, 0.4) is 0 Å². The van der Waals surface area contributed by atoms with E-state index in [2.05, 4.69) is 32.0 Å². The first kappa shape index (κ1) is 12.0. The highest BCUT2D eigenvalue weighted by Gasteiger charge is 2.15. The first-order valence-corrected chi connectivity index (χ1v) is 6.05. The molecule has 1 aromatic carbocycles. The molecule has 2 rings (SSSR count). The van der Waals surface area contributed by atoms with E-state index in [1.54, 1.807) is 10.9 Å². The summed E-state index contributed by atoms with van der Waals surface area (Å²) in [5, 5.41) is 4.19. The average Bonchev–Trinajstić information content (AvgIpc) is 2.60. The molecule has 90 valence electrons. The third-order valence-electron chi connectivity index (χ3n) is 2.73. The van der Waals surface area contributed by atoms with Crippen molar-refractivity contribution in [2.75, 3.05) is 24.7 Å². The van der Waals surface area contributed by atoms with Gasteiger partial charge in [-0.05, 0) is 12.1 Å². The Hall–Kier alpha value is -1.49. The maximum atomic E-state index is 6.03. The molecular formula is C12H15BrN4. The summed E-state index contributed by atoms with van der Waals surface area (Å²) in [6, 6.07) is 6.08. The molecule has 0 radical (unpaired) electrons. The molecule has 1 heterocycles. The van der Waals surface area contributed by atoms with Gasteiger partial charge in [-0.2, -0.15) is 5.10 Å². The molecule has 0 aliphatic carbocycles. The second-order valence-corrected chi connectivity index (χ2v) is 4.95. The number of anilines is 2. The van der Waals surface area contributed by atoms with Crippen LogP contribution in [0.15, 0.2) is 28.9 Å². The number of halogens is 1. The Bertz CT molecular complexity index is 545. The van der Waals surface area contributed by atoms with Crippen molar-refractivity contribution in [1.82, 2.24) is 9.78 Å². The summed E-state index contributed by atoms with van der Waals surface area (Å²) < 4.78 is 2.69. The van der Waals surface area contributed by atoms with Crippen molar-refractivity contribution in [1.29, 1.82) is 0 Å². The Kier molecular flexibility index (Phi) is 3.11. The van der Waals surface area contributed by atoms with E-state index >= 15 is 0 Å². The van der Waals surface area contributed by atoms with Gasteiger partial charge in [-0.15, -0.1) is 0 Å². The van der Waals surface area contributed by atoms with Crippen molar-refractivity contribution in [3.8, 4) is 11.1 Å². The molecular weight excluding hydrogens is 280 g/mol. The standard InChI is InChI=1S/C12H15BrN4/c1-16(2)10-6-4-5-9(13)11(10)8-7-15-17(3)12(8)14/h4-7H,14H2,1-3H3. The first-order valence-electron chi connectivity index (χ1n) is 5.26. The lowest BCUT2D eigenvalue weighted by Gasteiger charge is -2.18. The Morgan fingerprint density at radius 2 is 2.06 bits per heavy atom. The van der Waals surface area contributed by atoms with Crippen LogP contribution in [0.2, 0.25) is 0 Å². The molecule has 5 heteroatoms. The van der Waals surface area contributed by atoms with Gasteiger partial charge < -0.3 is 10.6 Å². The van der Waals surface area contributed by atoms with E-state index in [-0.39, 0.29) is 0 Å². The minimum Gasteiger partial charge on any atom is -0.383 e. The van der Waals surface area contributed by atoms with Crippen LogP contribution in [0.4, 0.5) is 11.5 Å². The zero-order valence-corrected chi connectivity index (χ0v) is 11.7. The van der Waals surface area contributed by atoms with E-state index in [0.717, 1.165) is 21.3 Å². The average molecular weight is 295 g/mol. The molecule has 0 saturated heterocycles. The Morgan fingerprint density at radius 1 is 1.35 bits per heavy atom. The lowest BCUT2D eigenvalue weighted by Crippen LogP contribution is -2.10. The highest BCUT2D eigenvalue weighted by atomic mass is 79.9. The fourth-order valence-corrected chi connectivity index (χ4v) is 2.36. The van der Waals surface area contributed by atoms with E-state index in [9.17, 15) is 0 Å². The van der Waals surface area contributed by atoms with Crippen molar-refractivity contribution in [3.63, 3.8) is 0 Å². The fraction of sp³-hybridized carbons (Fsp3) is 0.250. The van der Waals surface area contributed by atoms with Gasteiger partial charge in [-0.25, -0.2) is 0 Å². The summed E-state index contributed by atoms with van der Waals surface area (Å²) in [5.41, 5.74) is 9.16. The van der Waals surface area contributed by atoms with E-state index < -0.39 is 0 Å². The van der Waals surface area contributed by atoms with Gasteiger partial charge in [0.05, 0.1) is 6.20 Å². The lowest BCUT2D eigenvalue weighted by molar-refractivity contribution is 0.779. The Balaban J connectivity index is 2.70. The number of nitrogens with two attached hydrogens (primary N) is 1. The molecule has 0 aliphatic rings. The number of benzene rings is 1. The van der Waals surface area contributed by atoms with Crippen molar-refractivity contribution in [2.45, 2.75) is 0 Å². The summed E-state index contributed by atoms with van der Waals surface area (Å²) in [7, 11) is 5.86. The van der Waals surface area contributed by atoms with Gasteiger partial charge in [0, 0.05) is 42.4 Å². The molecule has 0 amide bonds. The van der Waals surface area contributed by atoms with E-state index in [4.69, 9.17) is 5.73 Å². The Morgan fingerprint density at radius 3 is 2.59 bits per heavy atom. The number of nitrogens with zero attached hydrogens (tertiary/aromatic N) is 3. The fourth-order valence-electron chi connectivity index (χ4n) is 1.79. The van der Waals surface area contributed by atoms with E-state index in [0.29, 0.717) is 5.82 Å². The van der Waals surface area contributed by atoms with Crippen molar-refractivity contribution in [3.05, 3.63) is 28.9 Å². The second-order valence-electron chi connectivity index (χ2n) is 4.10. The largest absolute Gasteiger partial charge is 0.383 e. The van der Waals surface area contributed by atoms with Crippen LogP contribution in [0, 0.1) is 0 Å². The summed E-state index contributed by atoms with van der Waals surface area (Å²) in [4.78, 5) is 2.06. The van der Waals surface area contributed by atoms with Gasteiger partial charge in [-0.1, -0.05) is 22.0 Å². The monoisotopic (exact) mass is 294 g/mol. The summed E-state index contributed by atoms with van der Waals surface area (Å²) >= 11 is 3.58. The third-order valence-corrected chi connectivity index (χ3v) is 3.39. The minimum atomic E-state index is 0.667. The van der Waals surface area contributed by atoms with Gasteiger partial charge >= 0.3 is 0 Å². The topological polar surface area (TPSA) is 47.1 Å². The van der Waals surface area contributed by atoms with Crippen molar-refractivity contribution in [2.24, 2.45) is 7.05 Å². The van der Waals surface area contributed by atoms with Crippen LogP contribution in [-0.2, 0) is 7.05 Å². The molecule has 0 spiro atoms. The maximum Gasteiger partial charge on any atom is 0.129 e. The SMILES string of the molecule is CN(C)c1cccc(Br)c1-c1cnn(C)c1N. The summed E-state index contributed by atoms with van der Waals surface area (Å²) in [6.45, 7) is 0. The van der Waals surface area contributed by atoms with Crippen LogP contribution in [0.1, 0.15) is 0 Å². The lowest BCUT2D eigenvalue weighted by atomic mass is 10.1. The molecule has 4 nitrogen and oxygen atoms in total. The second kappa shape index (κ2) is 4.41. The molecule has 0 saturated carbocycles. The number of aryl methyl sites for hydroxylation is 1. The first-order chi connectivity index (χ1) is 8.02. The van der Waals surface area contributed by atoms with Crippen LogP contribution in [0.25, 0.3) is 11.1 Å². The Labute approximate surface area is 109 Å². The van der Waals surface area contributed by atoms with Gasteiger partial charge in [0.2, 0.25) is 0 Å². The predicted molar refractivity (Wildman–Crippen MR) is 75.1 cm³/mol. The molecule has 0 bridgehead atoms. The van der Waals surface area contributed by atoms with Gasteiger partial charge in [-0.3, -0.25) is 4.68 Å². The summed E-state index contributed by atoms with van der Waals surface area (Å²) in [5.74, 6) is 0.667. The van der Waals surface area contributed by atoms with Gasteiger partial charge in [0.15, 0.2) is 0 Å². The molecule has 1 aromatic heterocycles. The van der Waals surface area contributed by atoms with E-state index in [1.807, 2.05) is 33.3 Å². The third kappa shape index (κ3) is 2.02. The minimum absolute atomic E-state index is 0.667. The van der Waals surface area contributed by atoms with Crippen molar-refractivity contribution >= 4 is 27.4 Å². The highest BCUT2D eigenvalue weighted by molar-refractivity contribution is 9.10. The molecule has 0 atom stereocenters. The molecule has 0 unspecified atom stereocenters. The molecule has 0 fully saturated rings. The zero-order valence-electron chi connectivity index (χ0n) is 10.1. The van der Waals surface area contributed by atoms with Crippen LogP contribution in [0.5, 0.6) is 0 Å². The van der Waals surface area contributed by atoms with Gasteiger partial charge in [0.25, 0.3) is 0 Å². The van der Waals surface area contributed by atoms with Gasteiger partial charge in [0.1, 0.15) is 5.82 Å². The number of hydrogen-bond donors (Lipinski definition) is 1. The number of nitrogen functional groups attached to an aromatic ring is 1. The quantitative estimate of drug-likeness (QED) is 0.926. The smallest absolute Gasteiger partial charge is 0.129 e. The zero-order chi connectivity index (χ0) is 12.6. The van der Waals surface area contributed by atoms with Crippen molar-refractivity contribution < 1.29 is 0 Å². The normalized spacial score (nSPS) is 10.6.